The van der Waals surface area contributed by atoms with Gasteiger partial charge in [0.1, 0.15) is 11.6 Å². The molecule has 1 heterocycles. The Labute approximate surface area is 128 Å². The Kier molecular flexibility index (Phi) is 5.22. The average Bonchev–Trinajstić information content (AvgIpc) is 2.50. The van der Waals surface area contributed by atoms with Gasteiger partial charge < -0.3 is 10.1 Å². The van der Waals surface area contributed by atoms with E-state index in [1.165, 1.54) is 11.8 Å². The van der Waals surface area contributed by atoms with E-state index in [2.05, 4.69) is 10.3 Å². The summed E-state index contributed by atoms with van der Waals surface area (Å²) < 4.78 is 5.11. The topological polar surface area (TPSA) is 51.2 Å². The van der Waals surface area contributed by atoms with E-state index in [-0.39, 0.29) is 11.2 Å². The number of ether oxygens (including phenoxy) is 1. The summed E-state index contributed by atoms with van der Waals surface area (Å²) in [5.41, 5.74) is 1.06. The molecule has 5 heteroatoms. The highest BCUT2D eigenvalue weighted by Crippen LogP contribution is 2.25. The number of hydrogen-bond donors (Lipinski definition) is 1. The third kappa shape index (κ3) is 4.49. The van der Waals surface area contributed by atoms with Crippen molar-refractivity contribution in [3.05, 3.63) is 48.2 Å². The van der Waals surface area contributed by atoms with Gasteiger partial charge in [-0.1, -0.05) is 6.07 Å². The predicted molar refractivity (Wildman–Crippen MR) is 85.9 cm³/mol. The normalized spacial score (nSPS) is 11.8. The van der Waals surface area contributed by atoms with E-state index in [0.29, 0.717) is 5.82 Å². The maximum Gasteiger partial charge on any atom is 0.238 e. The standard InChI is InChI=1S/C16H18N2O2S/c1-11-4-9-15(17-10-11)18-16(19)12(2)21-14-7-5-13(20-3)6-8-14/h4-10,12H,1-3H3,(H,17,18,19). The second-order valence-corrected chi connectivity index (χ2v) is 6.06. The molecule has 2 rings (SSSR count). The fourth-order valence-electron chi connectivity index (χ4n) is 1.68. The molecular weight excluding hydrogens is 284 g/mol. The molecule has 1 aromatic heterocycles. The predicted octanol–water partition coefficient (Wildman–Crippen LogP) is 3.52. The van der Waals surface area contributed by atoms with Crippen LogP contribution in [0.4, 0.5) is 5.82 Å². The van der Waals surface area contributed by atoms with E-state index in [4.69, 9.17) is 4.74 Å². The number of carbonyl (C=O) groups excluding carboxylic acids is 1. The minimum atomic E-state index is -0.207. The number of pyridine rings is 1. The summed E-state index contributed by atoms with van der Waals surface area (Å²) in [6.07, 6.45) is 1.73. The zero-order valence-electron chi connectivity index (χ0n) is 12.3. The van der Waals surface area contributed by atoms with Crippen molar-refractivity contribution in [2.75, 3.05) is 12.4 Å². The molecule has 0 saturated carbocycles. The number of methoxy groups -OCH3 is 1. The molecule has 1 atom stereocenters. The van der Waals surface area contributed by atoms with E-state index in [1.807, 2.05) is 44.2 Å². The molecule has 0 bridgehead atoms. The molecule has 0 aliphatic heterocycles. The lowest BCUT2D eigenvalue weighted by molar-refractivity contribution is -0.115. The molecule has 1 aromatic carbocycles. The molecule has 2 aromatic rings. The van der Waals surface area contributed by atoms with E-state index in [1.54, 1.807) is 19.4 Å². The first-order chi connectivity index (χ1) is 10.1. The van der Waals surface area contributed by atoms with Gasteiger partial charge in [0.2, 0.25) is 5.91 Å². The lowest BCUT2D eigenvalue weighted by Crippen LogP contribution is -2.22. The molecule has 0 aliphatic rings. The van der Waals surface area contributed by atoms with Crippen molar-refractivity contribution in [3.63, 3.8) is 0 Å². The number of nitrogens with zero attached hydrogens (tertiary/aromatic N) is 1. The van der Waals surface area contributed by atoms with Crippen LogP contribution in [0.5, 0.6) is 5.75 Å². The Morgan fingerprint density at radius 3 is 2.52 bits per heavy atom. The molecule has 0 fully saturated rings. The minimum Gasteiger partial charge on any atom is -0.497 e. The second kappa shape index (κ2) is 7.13. The van der Waals surface area contributed by atoms with Crippen LogP contribution < -0.4 is 10.1 Å². The van der Waals surface area contributed by atoms with Crippen LogP contribution in [0, 0.1) is 6.92 Å². The first kappa shape index (κ1) is 15.4. The van der Waals surface area contributed by atoms with Gasteiger partial charge in [0.25, 0.3) is 0 Å². The molecule has 0 saturated heterocycles. The lowest BCUT2D eigenvalue weighted by Gasteiger charge is -2.12. The number of amides is 1. The number of carbonyl (C=O) groups is 1. The van der Waals surface area contributed by atoms with Crippen LogP contribution in [0.2, 0.25) is 0 Å². The molecule has 1 N–H and O–H groups in total. The largest absolute Gasteiger partial charge is 0.497 e. The maximum atomic E-state index is 12.1. The molecule has 1 unspecified atom stereocenters. The van der Waals surface area contributed by atoms with Crippen LogP contribution in [0.25, 0.3) is 0 Å². The van der Waals surface area contributed by atoms with Crippen molar-refractivity contribution >= 4 is 23.5 Å². The fraction of sp³-hybridized carbons (Fsp3) is 0.250. The van der Waals surface area contributed by atoms with Crippen molar-refractivity contribution in [2.24, 2.45) is 0 Å². The van der Waals surface area contributed by atoms with Crippen LogP contribution >= 0.6 is 11.8 Å². The van der Waals surface area contributed by atoms with Gasteiger partial charge in [0.15, 0.2) is 0 Å². The van der Waals surface area contributed by atoms with Gasteiger partial charge in [0.05, 0.1) is 12.4 Å². The summed E-state index contributed by atoms with van der Waals surface area (Å²) in [5.74, 6) is 1.32. The van der Waals surface area contributed by atoms with E-state index < -0.39 is 0 Å². The first-order valence-corrected chi connectivity index (χ1v) is 7.50. The van der Waals surface area contributed by atoms with E-state index in [9.17, 15) is 4.79 Å². The number of aromatic nitrogens is 1. The van der Waals surface area contributed by atoms with Gasteiger partial charge in [-0.3, -0.25) is 4.79 Å². The van der Waals surface area contributed by atoms with Crippen molar-refractivity contribution in [3.8, 4) is 5.75 Å². The zero-order chi connectivity index (χ0) is 15.2. The van der Waals surface area contributed by atoms with Crippen LogP contribution in [0.15, 0.2) is 47.5 Å². The van der Waals surface area contributed by atoms with Gasteiger partial charge in [-0.25, -0.2) is 4.98 Å². The van der Waals surface area contributed by atoms with Crippen LogP contribution in [0.1, 0.15) is 12.5 Å². The summed E-state index contributed by atoms with van der Waals surface area (Å²) in [4.78, 5) is 17.3. The van der Waals surface area contributed by atoms with Gasteiger partial charge in [0, 0.05) is 11.1 Å². The summed E-state index contributed by atoms with van der Waals surface area (Å²) in [7, 11) is 1.63. The molecule has 110 valence electrons. The molecule has 0 radical (unpaired) electrons. The summed E-state index contributed by atoms with van der Waals surface area (Å²) in [5, 5.41) is 2.61. The number of thioether (sulfide) groups is 1. The molecule has 0 spiro atoms. The average molecular weight is 302 g/mol. The van der Waals surface area contributed by atoms with Crippen LogP contribution in [-0.4, -0.2) is 23.3 Å². The minimum absolute atomic E-state index is 0.0628. The van der Waals surface area contributed by atoms with E-state index >= 15 is 0 Å². The van der Waals surface area contributed by atoms with Gasteiger partial charge in [-0.15, -0.1) is 11.8 Å². The third-order valence-electron chi connectivity index (χ3n) is 2.90. The Bertz CT molecular complexity index is 597. The molecule has 0 aliphatic carbocycles. The smallest absolute Gasteiger partial charge is 0.238 e. The van der Waals surface area contributed by atoms with E-state index in [0.717, 1.165) is 16.2 Å². The number of nitrogens with one attached hydrogen (secondary N) is 1. The van der Waals surface area contributed by atoms with Crippen LogP contribution in [0.3, 0.4) is 0 Å². The van der Waals surface area contributed by atoms with Crippen molar-refractivity contribution in [1.82, 2.24) is 4.98 Å². The Hall–Kier alpha value is -2.01. The second-order valence-electron chi connectivity index (χ2n) is 4.65. The van der Waals surface area contributed by atoms with Crippen molar-refractivity contribution in [1.29, 1.82) is 0 Å². The third-order valence-corrected chi connectivity index (χ3v) is 4.02. The SMILES string of the molecule is COc1ccc(SC(C)C(=O)Nc2ccc(C)cn2)cc1. The molecular formula is C16H18N2O2S. The quantitative estimate of drug-likeness (QED) is 0.859. The first-order valence-electron chi connectivity index (χ1n) is 6.62. The number of hydrogen-bond acceptors (Lipinski definition) is 4. The van der Waals surface area contributed by atoms with Crippen molar-refractivity contribution in [2.45, 2.75) is 24.0 Å². The van der Waals surface area contributed by atoms with Gasteiger partial charge >= 0.3 is 0 Å². The maximum absolute atomic E-state index is 12.1. The zero-order valence-corrected chi connectivity index (χ0v) is 13.1. The van der Waals surface area contributed by atoms with Crippen LogP contribution in [-0.2, 0) is 4.79 Å². The summed E-state index contributed by atoms with van der Waals surface area (Å²) in [6, 6.07) is 11.4. The molecule has 1 amide bonds. The molecule has 21 heavy (non-hydrogen) atoms. The Morgan fingerprint density at radius 2 is 1.95 bits per heavy atom. The summed E-state index contributed by atoms with van der Waals surface area (Å²) in [6.45, 7) is 3.83. The van der Waals surface area contributed by atoms with Gasteiger partial charge in [-0.05, 0) is 49.7 Å². The number of rotatable bonds is 5. The lowest BCUT2D eigenvalue weighted by atomic mass is 10.3. The fourth-order valence-corrected chi connectivity index (χ4v) is 2.55. The number of aryl methyl sites for hydroxylation is 1. The number of benzene rings is 1. The van der Waals surface area contributed by atoms with Crippen molar-refractivity contribution < 1.29 is 9.53 Å². The molecule has 4 nitrogen and oxygen atoms in total. The monoisotopic (exact) mass is 302 g/mol. The highest BCUT2D eigenvalue weighted by Gasteiger charge is 2.15. The number of anilines is 1. The Morgan fingerprint density at radius 1 is 1.24 bits per heavy atom. The highest BCUT2D eigenvalue weighted by molar-refractivity contribution is 8.00. The Balaban J connectivity index is 1.93. The summed E-state index contributed by atoms with van der Waals surface area (Å²) >= 11 is 1.50. The highest BCUT2D eigenvalue weighted by atomic mass is 32.2. The van der Waals surface area contributed by atoms with Gasteiger partial charge in [-0.2, -0.15) is 0 Å².